The number of para-hydroxylation sites is 1. The van der Waals surface area contributed by atoms with Crippen molar-refractivity contribution in [3.8, 4) is 0 Å². The Hall–Kier alpha value is -2.80. The fourth-order valence-corrected chi connectivity index (χ4v) is 3.64. The van der Waals surface area contributed by atoms with E-state index in [4.69, 9.17) is 9.52 Å². The minimum absolute atomic E-state index is 0.772. The first kappa shape index (κ1) is 18.6. The number of nitrogens with zero attached hydrogens (tertiary/aromatic N) is 4. The van der Waals surface area contributed by atoms with Gasteiger partial charge in [-0.2, -0.15) is 0 Å². The van der Waals surface area contributed by atoms with E-state index in [2.05, 4.69) is 62.5 Å². The number of H-pyrrole nitrogens is 1. The van der Waals surface area contributed by atoms with E-state index < -0.39 is 0 Å². The predicted octanol–water partition coefficient (Wildman–Crippen LogP) is 2.48. The van der Waals surface area contributed by atoms with E-state index in [0.29, 0.717) is 0 Å². The summed E-state index contributed by atoms with van der Waals surface area (Å²) >= 11 is 0. The summed E-state index contributed by atoms with van der Waals surface area (Å²) in [6, 6.07) is 12.5. The fraction of sp³-hybridized carbons (Fsp3) is 0.429. The summed E-state index contributed by atoms with van der Waals surface area (Å²) in [6.07, 6.45) is 2.55. The van der Waals surface area contributed by atoms with E-state index in [1.54, 1.807) is 6.26 Å². The monoisotopic (exact) mass is 380 g/mol. The zero-order valence-electron chi connectivity index (χ0n) is 16.4. The molecule has 4 rings (SSSR count). The van der Waals surface area contributed by atoms with E-state index in [1.165, 1.54) is 16.6 Å². The van der Waals surface area contributed by atoms with Gasteiger partial charge in [0.15, 0.2) is 5.96 Å². The normalized spacial score (nSPS) is 16.0. The number of rotatable bonds is 6. The Morgan fingerprint density at radius 3 is 2.82 bits per heavy atom. The number of nitrogens with one attached hydrogen (secondary N) is 2. The van der Waals surface area contributed by atoms with Gasteiger partial charge in [0, 0.05) is 69.5 Å². The SMILES string of the molecule is CCNC(=NCCc1cc2ccccc2[nH]1)N1CCN(Cc2ccon2)CC1. The number of aromatic amines is 1. The molecule has 0 saturated carbocycles. The number of aromatic nitrogens is 2. The molecule has 0 atom stereocenters. The van der Waals surface area contributed by atoms with Crippen LogP contribution in [0.1, 0.15) is 18.3 Å². The number of aliphatic imine (C=N–C) groups is 1. The molecule has 148 valence electrons. The van der Waals surface area contributed by atoms with Gasteiger partial charge in [0.05, 0.1) is 5.69 Å². The van der Waals surface area contributed by atoms with Crippen LogP contribution in [0.4, 0.5) is 0 Å². The van der Waals surface area contributed by atoms with Crippen molar-refractivity contribution in [3.05, 3.63) is 54.0 Å². The molecule has 0 aliphatic carbocycles. The quantitative estimate of drug-likeness (QED) is 0.508. The summed E-state index contributed by atoms with van der Waals surface area (Å²) in [5, 5.41) is 8.72. The van der Waals surface area contributed by atoms with Crippen LogP contribution in [0.15, 0.2) is 52.2 Å². The summed E-state index contributed by atoms with van der Waals surface area (Å²) in [7, 11) is 0. The van der Waals surface area contributed by atoms with Crippen molar-refractivity contribution in [1.29, 1.82) is 0 Å². The summed E-state index contributed by atoms with van der Waals surface area (Å²) in [4.78, 5) is 13.1. The second-order valence-electron chi connectivity index (χ2n) is 7.12. The molecule has 3 aromatic rings. The minimum Gasteiger partial charge on any atom is -0.364 e. The number of hydrogen-bond acceptors (Lipinski definition) is 4. The number of guanidine groups is 1. The molecule has 7 heteroatoms. The molecule has 1 aliphatic heterocycles. The Kier molecular flexibility index (Phi) is 5.92. The first-order chi connectivity index (χ1) is 13.8. The highest BCUT2D eigenvalue weighted by Crippen LogP contribution is 2.15. The summed E-state index contributed by atoms with van der Waals surface area (Å²) in [6.45, 7) is 8.55. The molecule has 0 bridgehead atoms. The molecule has 0 spiro atoms. The van der Waals surface area contributed by atoms with Gasteiger partial charge in [0.2, 0.25) is 0 Å². The molecular formula is C21H28N6O. The van der Waals surface area contributed by atoms with Crippen molar-refractivity contribution >= 4 is 16.9 Å². The van der Waals surface area contributed by atoms with Crippen molar-refractivity contribution < 1.29 is 4.52 Å². The third-order valence-electron chi connectivity index (χ3n) is 5.11. The van der Waals surface area contributed by atoms with E-state index >= 15 is 0 Å². The van der Waals surface area contributed by atoms with E-state index in [1.807, 2.05) is 6.07 Å². The van der Waals surface area contributed by atoms with Gasteiger partial charge in [-0.15, -0.1) is 0 Å². The Labute approximate surface area is 165 Å². The standard InChI is InChI=1S/C21H28N6O/c1-2-22-21(23-9-7-18-15-17-5-3-4-6-20(17)24-18)27-12-10-26(11-13-27)16-19-8-14-28-25-19/h3-6,8,14-15,24H,2,7,9-13,16H2,1H3,(H,22,23). The Morgan fingerprint density at radius 1 is 1.21 bits per heavy atom. The molecule has 7 nitrogen and oxygen atoms in total. The Morgan fingerprint density at radius 2 is 2.07 bits per heavy atom. The fourth-order valence-electron chi connectivity index (χ4n) is 3.64. The lowest BCUT2D eigenvalue weighted by atomic mass is 10.2. The third-order valence-corrected chi connectivity index (χ3v) is 5.11. The van der Waals surface area contributed by atoms with Gasteiger partial charge in [0.1, 0.15) is 6.26 Å². The zero-order valence-corrected chi connectivity index (χ0v) is 16.4. The van der Waals surface area contributed by atoms with Gasteiger partial charge >= 0.3 is 0 Å². The van der Waals surface area contributed by atoms with Gasteiger partial charge in [-0.05, 0) is 24.4 Å². The molecule has 1 aliphatic rings. The third kappa shape index (κ3) is 4.54. The van der Waals surface area contributed by atoms with Gasteiger partial charge in [-0.25, -0.2) is 0 Å². The minimum atomic E-state index is 0.772. The molecule has 1 saturated heterocycles. The van der Waals surface area contributed by atoms with Crippen LogP contribution in [0, 0.1) is 0 Å². The average molecular weight is 380 g/mol. The van der Waals surface area contributed by atoms with Gasteiger partial charge < -0.3 is 19.7 Å². The van der Waals surface area contributed by atoms with Crippen molar-refractivity contribution in [2.75, 3.05) is 39.3 Å². The largest absolute Gasteiger partial charge is 0.364 e. The average Bonchev–Trinajstić information content (AvgIpc) is 3.37. The van der Waals surface area contributed by atoms with Crippen LogP contribution in [0.5, 0.6) is 0 Å². The highest BCUT2D eigenvalue weighted by molar-refractivity contribution is 5.81. The van der Waals surface area contributed by atoms with Crippen molar-refractivity contribution in [1.82, 2.24) is 25.3 Å². The van der Waals surface area contributed by atoms with Crippen molar-refractivity contribution in [3.63, 3.8) is 0 Å². The maximum atomic E-state index is 4.93. The molecular weight excluding hydrogens is 352 g/mol. The molecule has 0 amide bonds. The molecule has 1 aromatic carbocycles. The van der Waals surface area contributed by atoms with Crippen LogP contribution < -0.4 is 5.32 Å². The number of benzene rings is 1. The van der Waals surface area contributed by atoms with Gasteiger partial charge in [-0.3, -0.25) is 9.89 Å². The summed E-state index contributed by atoms with van der Waals surface area (Å²) in [5.74, 6) is 1.01. The van der Waals surface area contributed by atoms with E-state index in [0.717, 1.165) is 63.9 Å². The van der Waals surface area contributed by atoms with Crippen LogP contribution in [-0.4, -0.2) is 65.2 Å². The molecule has 0 unspecified atom stereocenters. The topological polar surface area (TPSA) is 72.7 Å². The number of fused-ring (bicyclic) bond motifs is 1. The first-order valence-electron chi connectivity index (χ1n) is 10.0. The molecule has 3 heterocycles. The molecule has 2 aromatic heterocycles. The zero-order chi connectivity index (χ0) is 19.2. The maximum absolute atomic E-state index is 4.93. The summed E-state index contributed by atoms with van der Waals surface area (Å²) < 4.78 is 4.93. The van der Waals surface area contributed by atoms with Crippen LogP contribution in [0.3, 0.4) is 0 Å². The maximum Gasteiger partial charge on any atom is 0.194 e. The van der Waals surface area contributed by atoms with Crippen LogP contribution in [0.25, 0.3) is 10.9 Å². The van der Waals surface area contributed by atoms with Crippen LogP contribution in [-0.2, 0) is 13.0 Å². The van der Waals surface area contributed by atoms with Crippen LogP contribution in [0.2, 0.25) is 0 Å². The Bertz CT molecular complexity index is 860. The highest BCUT2D eigenvalue weighted by atomic mass is 16.5. The second kappa shape index (κ2) is 8.93. The smallest absolute Gasteiger partial charge is 0.194 e. The van der Waals surface area contributed by atoms with Crippen LogP contribution >= 0.6 is 0 Å². The Balaban J connectivity index is 1.31. The number of piperazine rings is 1. The lowest BCUT2D eigenvalue weighted by Crippen LogP contribution is -2.52. The van der Waals surface area contributed by atoms with E-state index in [9.17, 15) is 0 Å². The molecule has 1 fully saturated rings. The van der Waals surface area contributed by atoms with Crippen molar-refractivity contribution in [2.45, 2.75) is 19.9 Å². The first-order valence-corrected chi connectivity index (χ1v) is 10.0. The molecule has 28 heavy (non-hydrogen) atoms. The lowest BCUT2D eigenvalue weighted by Gasteiger charge is -2.36. The predicted molar refractivity (Wildman–Crippen MR) is 111 cm³/mol. The highest BCUT2D eigenvalue weighted by Gasteiger charge is 2.20. The summed E-state index contributed by atoms with van der Waals surface area (Å²) in [5.41, 5.74) is 3.42. The second-order valence-corrected chi connectivity index (χ2v) is 7.12. The number of hydrogen-bond donors (Lipinski definition) is 2. The van der Waals surface area contributed by atoms with Gasteiger partial charge in [0.25, 0.3) is 0 Å². The van der Waals surface area contributed by atoms with E-state index in [-0.39, 0.29) is 0 Å². The molecule has 0 radical (unpaired) electrons. The van der Waals surface area contributed by atoms with Crippen molar-refractivity contribution in [2.24, 2.45) is 4.99 Å². The van der Waals surface area contributed by atoms with Gasteiger partial charge in [-0.1, -0.05) is 23.4 Å². The molecule has 2 N–H and O–H groups in total. The lowest BCUT2D eigenvalue weighted by molar-refractivity contribution is 0.169.